The van der Waals surface area contributed by atoms with Crippen LogP contribution in [0.5, 0.6) is 0 Å². The minimum atomic E-state index is -3.92. The average molecular weight is 562 g/mol. The Balaban J connectivity index is 1.49. The summed E-state index contributed by atoms with van der Waals surface area (Å²) in [4.78, 5) is 13.0. The van der Waals surface area contributed by atoms with E-state index in [9.17, 15) is 22.0 Å². The zero-order chi connectivity index (χ0) is 25.3. The Morgan fingerprint density at radius 2 is 1.77 bits per heavy atom. The predicted molar refractivity (Wildman–Crippen MR) is 130 cm³/mol. The molecule has 1 aliphatic heterocycles. The van der Waals surface area contributed by atoms with Crippen molar-refractivity contribution in [3.8, 4) is 0 Å². The number of sulfonamides is 1. The summed E-state index contributed by atoms with van der Waals surface area (Å²) in [6, 6.07) is -0.757. The number of carbonyl (C=O) groups is 1. The van der Waals surface area contributed by atoms with Crippen LogP contribution in [-0.4, -0.2) is 91.5 Å². The molecule has 0 bridgehead atoms. The van der Waals surface area contributed by atoms with Gasteiger partial charge in [-0.25, -0.2) is 17.2 Å². The van der Waals surface area contributed by atoms with E-state index in [0.717, 1.165) is 19.3 Å². The van der Waals surface area contributed by atoms with Crippen LogP contribution in [0.1, 0.15) is 57.8 Å². The minimum absolute atomic E-state index is 0.0840. The number of halogens is 4. The number of ether oxygens (including phenoxy) is 2. The summed E-state index contributed by atoms with van der Waals surface area (Å²) in [5.41, 5.74) is 0. The van der Waals surface area contributed by atoms with E-state index in [1.165, 1.54) is 11.4 Å². The molecule has 4 aliphatic rings. The molecule has 1 heterocycles. The van der Waals surface area contributed by atoms with Crippen molar-refractivity contribution < 1.29 is 31.5 Å². The first-order valence-corrected chi connectivity index (χ1v) is 15.0. The van der Waals surface area contributed by atoms with Crippen molar-refractivity contribution in [1.82, 2.24) is 9.62 Å². The molecule has 12 heteroatoms. The highest BCUT2D eigenvalue weighted by Gasteiger charge is 2.50. The molecule has 1 amide bonds. The van der Waals surface area contributed by atoms with Crippen molar-refractivity contribution in [2.45, 2.75) is 110 Å². The van der Waals surface area contributed by atoms with Gasteiger partial charge in [-0.2, -0.15) is 4.31 Å². The van der Waals surface area contributed by atoms with E-state index >= 15 is 0 Å². The maximum atomic E-state index is 14.1. The molecule has 9 atom stereocenters. The highest BCUT2D eigenvalue weighted by Crippen LogP contribution is 2.38. The highest BCUT2D eigenvalue weighted by molar-refractivity contribution is 7.89. The third-order valence-electron chi connectivity index (χ3n) is 8.01. The van der Waals surface area contributed by atoms with E-state index in [1.54, 1.807) is 0 Å². The van der Waals surface area contributed by atoms with E-state index in [-0.39, 0.29) is 61.2 Å². The van der Waals surface area contributed by atoms with Crippen molar-refractivity contribution in [2.24, 2.45) is 5.92 Å². The second-order valence-corrected chi connectivity index (χ2v) is 13.7. The number of hydrogen-bond acceptors (Lipinski definition) is 5. The van der Waals surface area contributed by atoms with Crippen LogP contribution in [0, 0.1) is 5.92 Å². The summed E-state index contributed by atoms with van der Waals surface area (Å²) in [5, 5.41) is 1.44. The van der Waals surface area contributed by atoms with Crippen molar-refractivity contribution in [2.75, 3.05) is 20.3 Å². The fourth-order valence-corrected chi connectivity index (χ4v) is 9.31. The molecule has 3 saturated carbocycles. The molecule has 0 aromatic carbocycles. The van der Waals surface area contributed by atoms with Crippen molar-refractivity contribution in [3.63, 3.8) is 0 Å². The topological polar surface area (TPSA) is 84.9 Å². The van der Waals surface area contributed by atoms with E-state index in [4.69, 9.17) is 32.7 Å². The molecule has 0 radical (unpaired) electrons. The number of alkyl halides is 4. The summed E-state index contributed by atoms with van der Waals surface area (Å²) in [5.74, 6) is -0.686. The smallest absolute Gasteiger partial charge is 0.226 e. The summed E-state index contributed by atoms with van der Waals surface area (Å²) in [6.45, 7) is 0.314. The standard InChI is InChI=1S/C23H36Cl2F2N2O5S/c1-33-12-14-11-29(35(31,32)15-6-7-18(26)19(27)10-15)20-9-13(5-8-21(20)34-14)28-23(30)22-16(24)3-2-4-17(22)25/h13-22H,2-12H2,1H3,(H,28,30). The molecule has 9 unspecified atom stereocenters. The Kier molecular flexibility index (Phi) is 9.23. The molecule has 0 aromatic heterocycles. The summed E-state index contributed by atoms with van der Waals surface area (Å²) in [6.07, 6.45) is -0.657. The Hall–Kier alpha value is -0.260. The third-order valence-corrected chi connectivity index (χ3v) is 11.3. The number of nitrogens with one attached hydrogen (secondary N) is 1. The zero-order valence-corrected chi connectivity index (χ0v) is 22.3. The van der Waals surface area contributed by atoms with Crippen LogP contribution in [0.2, 0.25) is 0 Å². The lowest BCUT2D eigenvalue weighted by Crippen LogP contribution is -2.63. The number of hydrogen-bond donors (Lipinski definition) is 1. The molecule has 1 N–H and O–H groups in total. The quantitative estimate of drug-likeness (QED) is 0.504. The van der Waals surface area contributed by atoms with E-state index < -0.39 is 45.7 Å². The van der Waals surface area contributed by atoms with Crippen LogP contribution < -0.4 is 5.32 Å². The van der Waals surface area contributed by atoms with Crippen LogP contribution >= 0.6 is 23.2 Å². The van der Waals surface area contributed by atoms with Gasteiger partial charge in [0.25, 0.3) is 0 Å². The van der Waals surface area contributed by atoms with Crippen LogP contribution in [0.15, 0.2) is 0 Å². The van der Waals surface area contributed by atoms with Gasteiger partial charge in [0.2, 0.25) is 15.9 Å². The number of carbonyl (C=O) groups excluding carboxylic acids is 1. The minimum Gasteiger partial charge on any atom is -0.382 e. The molecule has 35 heavy (non-hydrogen) atoms. The Labute approximate surface area is 216 Å². The van der Waals surface area contributed by atoms with Crippen LogP contribution in [0.25, 0.3) is 0 Å². The van der Waals surface area contributed by atoms with E-state index in [2.05, 4.69) is 5.32 Å². The van der Waals surface area contributed by atoms with Crippen LogP contribution in [0.4, 0.5) is 8.78 Å². The number of methoxy groups -OCH3 is 1. The van der Waals surface area contributed by atoms with Gasteiger partial charge >= 0.3 is 0 Å². The lowest BCUT2D eigenvalue weighted by atomic mass is 9.84. The summed E-state index contributed by atoms with van der Waals surface area (Å²) < 4.78 is 68.0. The first-order chi connectivity index (χ1) is 16.6. The molecule has 4 rings (SSSR count). The maximum absolute atomic E-state index is 14.1. The first kappa shape index (κ1) is 27.8. The largest absolute Gasteiger partial charge is 0.382 e. The van der Waals surface area contributed by atoms with Crippen LogP contribution in [0.3, 0.4) is 0 Å². The Morgan fingerprint density at radius 1 is 1.06 bits per heavy atom. The van der Waals surface area contributed by atoms with Gasteiger partial charge in [-0.15, -0.1) is 23.2 Å². The average Bonchev–Trinajstić information content (AvgIpc) is 2.80. The molecule has 4 fully saturated rings. The maximum Gasteiger partial charge on any atom is 0.226 e. The third kappa shape index (κ3) is 6.08. The number of nitrogens with zero attached hydrogens (tertiary/aromatic N) is 1. The van der Waals surface area contributed by atoms with Gasteiger partial charge in [0.05, 0.1) is 36.0 Å². The zero-order valence-electron chi connectivity index (χ0n) is 20.0. The lowest BCUT2D eigenvalue weighted by Gasteiger charge is -2.49. The molecule has 1 saturated heterocycles. The van der Waals surface area contributed by atoms with E-state index in [0.29, 0.717) is 19.3 Å². The van der Waals surface area contributed by atoms with Crippen molar-refractivity contribution in [1.29, 1.82) is 0 Å². The Bertz CT molecular complexity index is 846. The number of fused-ring (bicyclic) bond motifs is 1. The van der Waals surface area contributed by atoms with E-state index in [1.807, 2.05) is 0 Å². The second-order valence-electron chi connectivity index (χ2n) is 10.4. The highest BCUT2D eigenvalue weighted by atomic mass is 35.5. The monoisotopic (exact) mass is 560 g/mol. The Morgan fingerprint density at radius 3 is 2.43 bits per heavy atom. The van der Waals surface area contributed by atoms with Crippen molar-refractivity contribution in [3.05, 3.63) is 0 Å². The van der Waals surface area contributed by atoms with Gasteiger partial charge in [0.1, 0.15) is 12.3 Å². The molecular weight excluding hydrogens is 525 g/mol. The second kappa shape index (κ2) is 11.6. The normalized spacial score (nSPS) is 43.3. The van der Waals surface area contributed by atoms with Gasteiger partial charge in [0, 0.05) is 30.5 Å². The summed E-state index contributed by atoms with van der Waals surface area (Å²) >= 11 is 12.8. The van der Waals surface area contributed by atoms with Gasteiger partial charge in [-0.05, 0) is 51.4 Å². The summed E-state index contributed by atoms with van der Waals surface area (Å²) in [7, 11) is -2.39. The SMILES string of the molecule is COCC1CN(S(=O)(=O)C2CCC(F)C(F)C2)C2CC(NC(=O)C3C(Cl)CCCC3Cl)CCC2O1. The predicted octanol–water partition coefficient (Wildman–Crippen LogP) is 3.31. The van der Waals surface area contributed by atoms with Gasteiger partial charge in [-0.3, -0.25) is 4.79 Å². The van der Waals surface area contributed by atoms with Gasteiger partial charge in [0.15, 0.2) is 0 Å². The number of morpholine rings is 1. The van der Waals surface area contributed by atoms with Crippen LogP contribution in [-0.2, 0) is 24.3 Å². The molecular formula is C23H36Cl2F2N2O5S. The number of amides is 1. The molecule has 3 aliphatic carbocycles. The number of rotatable bonds is 6. The molecule has 202 valence electrons. The first-order valence-electron chi connectivity index (χ1n) is 12.6. The lowest BCUT2D eigenvalue weighted by molar-refractivity contribution is -0.136. The fraction of sp³-hybridized carbons (Fsp3) is 0.957. The van der Waals surface area contributed by atoms with Gasteiger partial charge < -0.3 is 14.8 Å². The molecule has 0 aromatic rings. The van der Waals surface area contributed by atoms with Gasteiger partial charge in [-0.1, -0.05) is 6.42 Å². The molecule has 0 spiro atoms. The van der Waals surface area contributed by atoms with Crippen molar-refractivity contribution >= 4 is 39.1 Å². The fourth-order valence-electron chi connectivity index (χ4n) is 6.13. The molecule has 7 nitrogen and oxygen atoms in total.